The first kappa shape index (κ1) is 19.1. The van der Waals surface area contributed by atoms with E-state index in [2.05, 4.69) is 29.0 Å². The largest absolute Gasteiger partial charge is 0.379 e. The molecule has 2 rings (SSSR count). The molecule has 138 valence electrons. The van der Waals surface area contributed by atoms with Gasteiger partial charge in [0.2, 0.25) is 11.8 Å². The molecule has 2 amide bonds. The summed E-state index contributed by atoms with van der Waals surface area (Å²) in [7, 11) is 0. The molecule has 0 radical (unpaired) electrons. The Morgan fingerprint density at radius 2 is 1.50 bits per heavy atom. The molecule has 0 bridgehead atoms. The van der Waals surface area contributed by atoms with Gasteiger partial charge < -0.3 is 15.0 Å². The lowest BCUT2D eigenvalue weighted by molar-refractivity contribution is -0.135. The maximum absolute atomic E-state index is 12.4. The van der Waals surface area contributed by atoms with E-state index in [-0.39, 0.29) is 17.9 Å². The predicted octanol–water partition coefficient (Wildman–Crippen LogP) is -0.376. The first-order valence-electron chi connectivity index (χ1n) is 9.05. The highest BCUT2D eigenvalue weighted by atomic mass is 16.5. The van der Waals surface area contributed by atoms with Crippen molar-refractivity contribution in [1.29, 1.82) is 0 Å². The number of carbonyl (C=O) groups excluding carboxylic acids is 2. The third-order valence-electron chi connectivity index (χ3n) is 4.94. The van der Waals surface area contributed by atoms with Gasteiger partial charge in [0.1, 0.15) is 0 Å². The number of hydrogen-bond donors (Lipinski definition) is 1. The fourth-order valence-electron chi connectivity index (χ4n) is 2.88. The second-order valence-corrected chi connectivity index (χ2v) is 7.15. The Labute approximate surface area is 145 Å². The number of carbonyl (C=O) groups is 2. The average molecular weight is 340 g/mol. The van der Waals surface area contributed by atoms with Gasteiger partial charge in [-0.1, -0.05) is 13.8 Å². The first-order valence-corrected chi connectivity index (χ1v) is 9.05. The Balaban J connectivity index is 1.67. The lowest BCUT2D eigenvalue weighted by Crippen LogP contribution is -2.54. The molecule has 2 heterocycles. The standard InChI is InChI=1S/C17H32N4O3/c1-14(2)15(3)18-16(22)12-19-4-6-21(7-5-19)17(23)13-20-8-10-24-11-9-20/h14-15H,4-13H2,1-3H3,(H,18,22). The zero-order valence-electron chi connectivity index (χ0n) is 15.3. The van der Waals surface area contributed by atoms with Crippen LogP contribution in [-0.4, -0.2) is 98.1 Å². The van der Waals surface area contributed by atoms with Gasteiger partial charge in [0.15, 0.2) is 0 Å². The molecule has 24 heavy (non-hydrogen) atoms. The topological polar surface area (TPSA) is 65.1 Å². The summed E-state index contributed by atoms with van der Waals surface area (Å²) in [5.41, 5.74) is 0. The van der Waals surface area contributed by atoms with Gasteiger partial charge >= 0.3 is 0 Å². The summed E-state index contributed by atoms with van der Waals surface area (Å²) >= 11 is 0. The smallest absolute Gasteiger partial charge is 0.236 e. The fourth-order valence-corrected chi connectivity index (χ4v) is 2.88. The van der Waals surface area contributed by atoms with Gasteiger partial charge in [0.25, 0.3) is 0 Å². The molecule has 1 N–H and O–H groups in total. The molecular formula is C17H32N4O3. The van der Waals surface area contributed by atoms with E-state index >= 15 is 0 Å². The first-order chi connectivity index (χ1) is 11.5. The number of hydrogen-bond acceptors (Lipinski definition) is 5. The molecule has 0 spiro atoms. The van der Waals surface area contributed by atoms with Crippen LogP contribution in [0.2, 0.25) is 0 Å². The van der Waals surface area contributed by atoms with Crippen LogP contribution in [0.3, 0.4) is 0 Å². The summed E-state index contributed by atoms with van der Waals surface area (Å²) in [6.07, 6.45) is 0. The van der Waals surface area contributed by atoms with Crippen LogP contribution in [0.25, 0.3) is 0 Å². The van der Waals surface area contributed by atoms with Crippen molar-refractivity contribution in [3.63, 3.8) is 0 Å². The Bertz CT molecular complexity index is 416. The summed E-state index contributed by atoms with van der Waals surface area (Å²) in [6.45, 7) is 13.2. The third kappa shape index (κ3) is 6.03. The SMILES string of the molecule is CC(C)C(C)NC(=O)CN1CCN(C(=O)CN2CCOCC2)CC1. The molecule has 7 nitrogen and oxygen atoms in total. The van der Waals surface area contributed by atoms with Crippen molar-refractivity contribution in [2.24, 2.45) is 5.92 Å². The van der Waals surface area contributed by atoms with E-state index in [0.29, 0.717) is 45.3 Å². The highest BCUT2D eigenvalue weighted by molar-refractivity contribution is 5.79. The maximum Gasteiger partial charge on any atom is 0.236 e. The highest BCUT2D eigenvalue weighted by Gasteiger charge is 2.24. The van der Waals surface area contributed by atoms with Crippen LogP contribution < -0.4 is 5.32 Å². The molecule has 0 aliphatic carbocycles. The quantitative estimate of drug-likeness (QED) is 0.714. The van der Waals surface area contributed by atoms with Crippen LogP contribution >= 0.6 is 0 Å². The lowest BCUT2D eigenvalue weighted by Gasteiger charge is -2.36. The summed E-state index contributed by atoms with van der Waals surface area (Å²) in [6, 6.07) is 0.189. The van der Waals surface area contributed by atoms with Gasteiger partial charge in [-0.25, -0.2) is 0 Å². The van der Waals surface area contributed by atoms with Crippen molar-refractivity contribution >= 4 is 11.8 Å². The minimum atomic E-state index is 0.0734. The van der Waals surface area contributed by atoms with E-state index in [4.69, 9.17) is 4.74 Å². The summed E-state index contributed by atoms with van der Waals surface area (Å²) < 4.78 is 5.31. The normalized spacial score (nSPS) is 21.8. The van der Waals surface area contributed by atoms with E-state index < -0.39 is 0 Å². The van der Waals surface area contributed by atoms with Crippen LogP contribution in [-0.2, 0) is 14.3 Å². The highest BCUT2D eigenvalue weighted by Crippen LogP contribution is 2.05. The van der Waals surface area contributed by atoms with Crippen molar-refractivity contribution in [3.05, 3.63) is 0 Å². The van der Waals surface area contributed by atoms with Gasteiger partial charge in [-0.3, -0.25) is 19.4 Å². The lowest BCUT2D eigenvalue weighted by atomic mass is 10.1. The Morgan fingerprint density at radius 3 is 2.08 bits per heavy atom. The molecule has 0 saturated carbocycles. The van der Waals surface area contributed by atoms with E-state index in [9.17, 15) is 9.59 Å². The minimum Gasteiger partial charge on any atom is -0.379 e. The van der Waals surface area contributed by atoms with Gasteiger partial charge in [-0.05, 0) is 12.8 Å². The molecule has 2 saturated heterocycles. The molecule has 0 aromatic heterocycles. The van der Waals surface area contributed by atoms with Crippen molar-refractivity contribution in [2.75, 3.05) is 65.6 Å². The molecule has 0 aromatic carbocycles. The van der Waals surface area contributed by atoms with Crippen LogP contribution in [0.15, 0.2) is 0 Å². The number of nitrogens with zero attached hydrogens (tertiary/aromatic N) is 3. The number of rotatable bonds is 6. The van der Waals surface area contributed by atoms with E-state index in [1.54, 1.807) is 0 Å². The van der Waals surface area contributed by atoms with Crippen LogP contribution in [0, 0.1) is 5.92 Å². The van der Waals surface area contributed by atoms with Crippen LogP contribution in [0.1, 0.15) is 20.8 Å². The summed E-state index contributed by atoms with van der Waals surface area (Å²) in [5, 5.41) is 3.04. The number of ether oxygens (including phenoxy) is 1. The third-order valence-corrected chi connectivity index (χ3v) is 4.94. The Hall–Kier alpha value is -1.18. The summed E-state index contributed by atoms with van der Waals surface area (Å²) in [4.78, 5) is 30.6. The van der Waals surface area contributed by atoms with Crippen molar-refractivity contribution < 1.29 is 14.3 Å². The molecule has 2 aliphatic heterocycles. The fraction of sp³-hybridized carbons (Fsp3) is 0.882. The summed E-state index contributed by atoms with van der Waals surface area (Å²) in [5.74, 6) is 0.697. The molecule has 1 atom stereocenters. The molecule has 2 aliphatic rings. The molecule has 1 unspecified atom stereocenters. The van der Waals surface area contributed by atoms with Crippen molar-refractivity contribution in [1.82, 2.24) is 20.0 Å². The van der Waals surface area contributed by atoms with Gasteiger partial charge in [-0.2, -0.15) is 0 Å². The maximum atomic E-state index is 12.4. The predicted molar refractivity (Wildman–Crippen MR) is 92.7 cm³/mol. The minimum absolute atomic E-state index is 0.0734. The molecular weight excluding hydrogens is 308 g/mol. The van der Waals surface area contributed by atoms with E-state index in [1.165, 1.54) is 0 Å². The number of amides is 2. The van der Waals surface area contributed by atoms with Crippen molar-refractivity contribution in [3.8, 4) is 0 Å². The van der Waals surface area contributed by atoms with Crippen LogP contribution in [0.5, 0.6) is 0 Å². The molecule has 2 fully saturated rings. The monoisotopic (exact) mass is 340 g/mol. The second-order valence-electron chi connectivity index (χ2n) is 7.15. The van der Waals surface area contributed by atoms with Crippen molar-refractivity contribution in [2.45, 2.75) is 26.8 Å². The Kier molecular flexibility index (Phi) is 7.45. The zero-order valence-corrected chi connectivity index (χ0v) is 15.3. The van der Waals surface area contributed by atoms with E-state index in [1.807, 2.05) is 11.8 Å². The average Bonchev–Trinajstić information content (AvgIpc) is 2.56. The number of piperazine rings is 1. The van der Waals surface area contributed by atoms with Gasteiger partial charge in [-0.15, -0.1) is 0 Å². The number of nitrogens with one attached hydrogen (secondary N) is 1. The Morgan fingerprint density at radius 1 is 0.917 bits per heavy atom. The second kappa shape index (κ2) is 9.34. The molecule has 0 aromatic rings. The van der Waals surface area contributed by atoms with Gasteiger partial charge in [0.05, 0.1) is 26.3 Å². The number of morpholine rings is 1. The molecule has 7 heteroatoms. The van der Waals surface area contributed by atoms with Crippen LogP contribution in [0.4, 0.5) is 0 Å². The van der Waals surface area contributed by atoms with E-state index in [0.717, 1.165) is 26.2 Å². The van der Waals surface area contributed by atoms with Gasteiger partial charge in [0, 0.05) is 45.3 Å². The zero-order chi connectivity index (χ0) is 17.5.